The molecule has 10 heteroatoms. The Kier molecular flexibility index (Phi) is 11.3. The van der Waals surface area contributed by atoms with Crippen LogP contribution in [0.25, 0.3) is 0 Å². The second-order valence-electron chi connectivity index (χ2n) is 7.47. The zero-order chi connectivity index (χ0) is 22.6. The van der Waals surface area contributed by atoms with Gasteiger partial charge in [-0.3, -0.25) is 19.7 Å². The van der Waals surface area contributed by atoms with Crippen LogP contribution in [0.3, 0.4) is 0 Å². The zero-order valence-electron chi connectivity index (χ0n) is 18.0. The normalized spacial score (nSPS) is 20.3. The molecular weight excluding hydrogens is 438 g/mol. The summed E-state index contributed by atoms with van der Waals surface area (Å²) in [5.41, 5.74) is 5.53. The van der Waals surface area contributed by atoms with Crippen molar-refractivity contribution in [3.63, 3.8) is 0 Å². The zero-order valence-corrected chi connectivity index (χ0v) is 19.6. The van der Waals surface area contributed by atoms with Crippen molar-refractivity contribution in [2.45, 2.75) is 56.4 Å². The third-order valence-corrected chi connectivity index (χ3v) is 7.53. The van der Waals surface area contributed by atoms with E-state index in [0.717, 1.165) is 30.6 Å². The molecule has 1 fully saturated rings. The molecule has 0 aliphatic carbocycles. The quantitative estimate of drug-likeness (QED) is 0.296. The summed E-state index contributed by atoms with van der Waals surface area (Å²) in [4.78, 5) is 39.5. The van der Waals surface area contributed by atoms with Crippen LogP contribution in [0.15, 0.2) is 17.5 Å². The first kappa shape index (κ1) is 25.6. The van der Waals surface area contributed by atoms with E-state index in [1.165, 1.54) is 4.90 Å². The van der Waals surface area contributed by atoms with Crippen LogP contribution in [0, 0.1) is 0 Å². The predicted molar refractivity (Wildman–Crippen MR) is 123 cm³/mol. The summed E-state index contributed by atoms with van der Waals surface area (Å²) in [6, 6.07) is 2.71. The molecule has 0 saturated carbocycles. The fourth-order valence-corrected chi connectivity index (χ4v) is 5.78. The number of carboxylic acid groups (broad SMARTS) is 1. The van der Waals surface area contributed by atoms with E-state index in [9.17, 15) is 19.5 Å². The van der Waals surface area contributed by atoms with Gasteiger partial charge in [0.25, 0.3) is 0 Å². The number of carbonyl (C=O) groups excluding carboxylic acids is 2. The molecule has 1 aliphatic rings. The second kappa shape index (κ2) is 13.7. The minimum Gasteiger partial charge on any atom is -0.480 e. The van der Waals surface area contributed by atoms with E-state index >= 15 is 0 Å². The number of hydrogen-bond acceptors (Lipinski definition) is 8. The third-order valence-electron chi connectivity index (χ3n) is 5.07. The number of esters is 1. The standard InChI is InChI=1S/C21H33N3O5S2/c1-2-29-21(28)15(8-5-3-4-6-10-22)23-16-14-31-18(17-9-7-11-30-17)12-24(20(16)27)13-19(25)26/h7,9,11,15-16,18,23H,2-6,8,10,12-14,22H2,1H3,(H,25,26)/t15-,16-,18-/m0/s1. The molecule has 1 aromatic heterocycles. The molecule has 0 unspecified atom stereocenters. The molecule has 2 heterocycles. The number of rotatable bonds is 13. The molecule has 4 N–H and O–H groups in total. The Morgan fingerprint density at radius 3 is 2.77 bits per heavy atom. The minimum atomic E-state index is -1.05. The lowest BCUT2D eigenvalue weighted by Gasteiger charge is -2.26. The number of carbonyl (C=O) groups is 3. The molecule has 31 heavy (non-hydrogen) atoms. The Balaban J connectivity index is 2.10. The summed E-state index contributed by atoms with van der Waals surface area (Å²) >= 11 is 3.21. The molecule has 0 radical (unpaired) electrons. The molecule has 1 aromatic rings. The number of unbranched alkanes of at least 4 members (excludes halogenated alkanes) is 3. The Morgan fingerprint density at radius 2 is 2.13 bits per heavy atom. The first-order valence-corrected chi connectivity index (χ1v) is 12.7. The SMILES string of the molecule is CCOC(=O)[C@H](CCCCCCN)N[C@H]1CS[C@H](c2cccs2)CN(CC(=O)O)C1=O. The Hall–Kier alpha value is -1.62. The Morgan fingerprint density at radius 1 is 1.35 bits per heavy atom. The van der Waals surface area contributed by atoms with Crippen molar-refractivity contribution < 1.29 is 24.2 Å². The summed E-state index contributed by atoms with van der Waals surface area (Å²) in [7, 11) is 0. The number of nitrogens with zero attached hydrogens (tertiary/aromatic N) is 1. The molecule has 2 rings (SSSR count). The van der Waals surface area contributed by atoms with Crippen LogP contribution in [0.4, 0.5) is 0 Å². The van der Waals surface area contributed by atoms with Crippen molar-refractivity contribution in [3.05, 3.63) is 22.4 Å². The molecule has 1 aliphatic heterocycles. The molecule has 0 bridgehead atoms. The molecule has 8 nitrogen and oxygen atoms in total. The van der Waals surface area contributed by atoms with E-state index in [-0.39, 0.29) is 30.3 Å². The fourth-order valence-electron chi connectivity index (χ4n) is 3.52. The van der Waals surface area contributed by atoms with Gasteiger partial charge in [-0.15, -0.1) is 23.1 Å². The first-order chi connectivity index (χ1) is 15.0. The van der Waals surface area contributed by atoms with Crippen LogP contribution in [0.2, 0.25) is 0 Å². The lowest BCUT2D eigenvalue weighted by molar-refractivity contribution is -0.148. The van der Waals surface area contributed by atoms with Gasteiger partial charge in [0.05, 0.1) is 17.9 Å². The van der Waals surface area contributed by atoms with E-state index in [1.54, 1.807) is 30.0 Å². The Bertz CT molecular complexity index is 701. The van der Waals surface area contributed by atoms with Crippen molar-refractivity contribution in [1.29, 1.82) is 0 Å². The number of thiophene rings is 1. The average Bonchev–Trinajstić information content (AvgIpc) is 3.22. The fraction of sp³-hybridized carbons (Fsp3) is 0.667. The van der Waals surface area contributed by atoms with Crippen molar-refractivity contribution in [2.75, 3.05) is 32.0 Å². The smallest absolute Gasteiger partial charge is 0.323 e. The van der Waals surface area contributed by atoms with Crippen LogP contribution in [0.5, 0.6) is 0 Å². The van der Waals surface area contributed by atoms with Gasteiger partial charge in [0, 0.05) is 17.2 Å². The van der Waals surface area contributed by atoms with Gasteiger partial charge in [0.2, 0.25) is 5.91 Å². The maximum Gasteiger partial charge on any atom is 0.323 e. The third kappa shape index (κ3) is 8.44. The van der Waals surface area contributed by atoms with Gasteiger partial charge in [0.1, 0.15) is 12.6 Å². The molecule has 0 spiro atoms. The maximum atomic E-state index is 13.2. The van der Waals surface area contributed by atoms with E-state index in [4.69, 9.17) is 10.5 Å². The number of nitrogens with one attached hydrogen (secondary N) is 1. The van der Waals surface area contributed by atoms with E-state index in [2.05, 4.69) is 5.32 Å². The van der Waals surface area contributed by atoms with Gasteiger partial charge in [-0.25, -0.2) is 0 Å². The van der Waals surface area contributed by atoms with Crippen molar-refractivity contribution in [3.8, 4) is 0 Å². The predicted octanol–water partition coefficient (Wildman–Crippen LogP) is 2.25. The summed E-state index contributed by atoms with van der Waals surface area (Å²) in [5.74, 6) is -1.25. The van der Waals surface area contributed by atoms with Crippen molar-refractivity contribution in [2.24, 2.45) is 5.73 Å². The largest absolute Gasteiger partial charge is 0.480 e. The van der Waals surface area contributed by atoms with Gasteiger partial charge in [0.15, 0.2) is 0 Å². The van der Waals surface area contributed by atoms with Crippen molar-refractivity contribution >= 4 is 40.9 Å². The average molecular weight is 472 g/mol. The first-order valence-electron chi connectivity index (χ1n) is 10.7. The lowest BCUT2D eigenvalue weighted by atomic mass is 10.1. The Labute approximate surface area is 191 Å². The van der Waals surface area contributed by atoms with E-state index < -0.39 is 18.1 Å². The highest BCUT2D eigenvalue weighted by Crippen LogP contribution is 2.35. The topological polar surface area (TPSA) is 122 Å². The highest BCUT2D eigenvalue weighted by atomic mass is 32.2. The summed E-state index contributed by atoms with van der Waals surface area (Å²) in [6.45, 7) is 2.64. The summed E-state index contributed by atoms with van der Waals surface area (Å²) in [6.07, 6.45) is 4.28. The van der Waals surface area contributed by atoms with Gasteiger partial charge in [-0.05, 0) is 37.8 Å². The van der Waals surface area contributed by atoms with Crippen LogP contribution in [0.1, 0.15) is 49.2 Å². The number of aliphatic carboxylic acids is 1. The van der Waals surface area contributed by atoms with Crippen LogP contribution in [-0.4, -0.2) is 71.9 Å². The highest BCUT2D eigenvalue weighted by Gasteiger charge is 2.35. The molecular formula is C21H33N3O5S2. The molecule has 0 aromatic carbocycles. The molecule has 174 valence electrons. The maximum absolute atomic E-state index is 13.2. The van der Waals surface area contributed by atoms with E-state index in [0.29, 0.717) is 25.3 Å². The van der Waals surface area contributed by atoms with Crippen LogP contribution < -0.4 is 11.1 Å². The van der Waals surface area contributed by atoms with Crippen LogP contribution >= 0.6 is 23.1 Å². The summed E-state index contributed by atoms with van der Waals surface area (Å²) < 4.78 is 5.22. The van der Waals surface area contributed by atoms with Crippen LogP contribution in [-0.2, 0) is 19.1 Å². The highest BCUT2D eigenvalue weighted by molar-refractivity contribution is 7.99. The van der Waals surface area contributed by atoms with Crippen molar-refractivity contribution in [1.82, 2.24) is 10.2 Å². The number of ether oxygens (including phenoxy) is 1. The lowest BCUT2D eigenvalue weighted by Crippen LogP contribution is -2.53. The van der Waals surface area contributed by atoms with Gasteiger partial charge in [-0.2, -0.15) is 0 Å². The van der Waals surface area contributed by atoms with Gasteiger partial charge < -0.3 is 20.5 Å². The molecule has 3 atom stereocenters. The summed E-state index contributed by atoms with van der Waals surface area (Å²) in [5, 5.41) is 14.5. The number of nitrogens with two attached hydrogens (primary N) is 1. The molecule has 1 amide bonds. The number of carboxylic acids is 1. The van der Waals surface area contributed by atoms with Gasteiger partial charge in [-0.1, -0.05) is 25.3 Å². The monoisotopic (exact) mass is 471 g/mol. The van der Waals surface area contributed by atoms with E-state index in [1.807, 2.05) is 17.5 Å². The van der Waals surface area contributed by atoms with Gasteiger partial charge >= 0.3 is 11.9 Å². The minimum absolute atomic E-state index is 0.00686. The number of hydrogen-bond donors (Lipinski definition) is 3. The second-order valence-corrected chi connectivity index (χ2v) is 9.68. The molecule has 1 saturated heterocycles. The number of amides is 1. The number of thioether (sulfide) groups is 1.